The Hall–Kier alpha value is -1.51. The van der Waals surface area contributed by atoms with Crippen LogP contribution in [-0.4, -0.2) is 11.1 Å². The quantitative estimate of drug-likeness (QED) is 0.667. The van der Waals surface area contributed by atoms with E-state index in [4.69, 9.17) is 9.52 Å². The fourth-order valence-corrected chi connectivity index (χ4v) is 0.699. The van der Waals surface area contributed by atoms with Gasteiger partial charge in [-0.25, -0.2) is 4.79 Å². The monoisotopic (exact) mass is 152 g/mol. The van der Waals surface area contributed by atoms with Gasteiger partial charge in [0.05, 0.1) is 6.26 Å². The van der Waals surface area contributed by atoms with Gasteiger partial charge in [0.1, 0.15) is 5.76 Å². The van der Waals surface area contributed by atoms with Crippen LogP contribution in [0.25, 0.3) is 0 Å². The molecule has 0 aliphatic heterocycles. The summed E-state index contributed by atoms with van der Waals surface area (Å²) in [7, 11) is 0. The smallest absolute Gasteiger partial charge is 0.331 e. The first-order valence-corrected chi connectivity index (χ1v) is 3.13. The van der Waals surface area contributed by atoms with E-state index < -0.39 is 5.97 Å². The molecule has 0 amide bonds. The van der Waals surface area contributed by atoms with Crippen LogP contribution in [-0.2, 0) is 11.2 Å². The first kappa shape index (κ1) is 7.60. The Balaban J connectivity index is 2.57. The van der Waals surface area contributed by atoms with Gasteiger partial charge in [-0.2, -0.15) is 0 Å². The lowest BCUT2D eigenvalue weighted by molar-refractivity contribution is -0.132. The van der Waals surface area contributed by atoms with Gasteiger partial charge in [0, 0.05) is 12.0 Å². The molecule has 58 valence electrons. The van der Waals surface area contributed by atoms with E-state index in [0.29, 0.717) is 5.76 Å². The number of rotatable bonds is 3. The third-order valence-electron chi connectivity index (χ3n) is 1.27. The van der Waals surface area contributed by atoms with Gasteiger partial charge in [-0.3, -0.25) is 0 Å². The SMILES string of the molecule is C=C(Cc1ccco1)C(=O)O. The van der Waals surface area contributed by atoms with Gasteiger partial charge < -0.3 is 9.52 Å². The zero-order chi connectivity index (χ0) is 8.27. The van der Waals surface area contributed by atoms with E-state index in [2.05, 4.69) is 6.58 Å². The van der Waals surface area contributed by atoms with Crippen molar-refractivity contribution in [3.05, 3.63) is 36.3 Å². The lowest BCUT2D eigenvalue weighted by Crippen LogP contribution is -2.01. The molecule has 0 radical (unpaired) electrons. The third kappa shape index (κ3) is 1.97. The fraction of sp³-hybridized carbons (Fsp3) is 0.125. The van der Waals surface area contributed by atoms with E-state index in [1.54, 1.807) is 12.1 Å². The maximum atomic E-state index is 10.3. The van der Waals surface area contributed by atoms with Crippen LogP contribution in [0.15, 0.2) is 35.0 Å². The van der Waals surface area contributed by atoms with E-state index >= 15 is 0 Å². The second-order valence-corrected chi connectivity index (χ2v) is 2.16. The van der Waals surface area contributed by atoms with Crippen molar-refractivity contribution in [2.24, 2.45) is 0 Å². The molecule has 0 aromatic carbocycles. The average molecular weight is 152 g/mol. The van der Waals surface area contributed by atoms with Crippen LogP contribution >= 0.6 is 0 Å². The zero-order valence-electron chi connectivity index (χ0n) is 5.91. The number of carboxylic acids is 1. The van der Waals surface area contributed by atoms with Gasteiger partial charge >= 0.3 is 5.97 Å². The van der Waals surface area contributed by atoms with Crippen molar-refractivity contribution < 1.29 is 14.3 Å². The highest BCUT2D eigenvalue weighted by Crippen LogP contribution is 2.06. The molecule has 0 bridgehead atoms. The Bertz CT molecular complexity index is 259. The van der Waals surface area contributed by atoms with Crippen molar-refractivity contribution in [3.63, 3.8) is 0 Å². The lowest BCUT2D eigenvalue weighted by atomic mass is 10.2. The van der Waals surface area contributed by atoms with E-state index in [-0.39, 0.29) is 12.0 Å². The van der Waals surface area contributed by atoms with Crippen molar-refractivity contribution in [2.45, 2.75) is 6.42 Å². The van der Waals surface area contributed by atoms with Crippen molar-refractivity contribution >= 4 is 5.97 Å². The normalized spacial score (nSPS) is 9.45. The molecule has 0 aliphatic rings. The Labute approximate surface area is 64.0 Å². The van der Waals surface area contributed by atoms with Crippen molar-refractivity contribution in [3.8, 4) is 0 Å². The third-order valence-corrected chi connectivity index (χ3v) is 1.27. The fourth-order valence-electron chi connectivity index (χ4n) is 0.699. The highest BCUT2D eigenvalue weighted by atomic mass is 16.4. The highest BCUT2D eigenvalue weighted by molar-refractivity contribution is 5.86. The number of aliphatic carboxylic acids is 1. The Morgan fingerprint density at radius 1 is 1.73 bits per heavy atom. The number of carboxylic acid groups (broad SMARTS) is 1. The van der Waals surface area contributed by atoms with Crippen molar-refractivity contribution in [1.82, 2.24) is 0 Å². The molecule has 1 aromatic rings. The van der Waals surface area contributed by atoms with Crippen LogP contribution in [0.5, 0.6) is 0 Å². The van der Waals surface area contributed by atoms with E-state index in [0.717, 1.165) is 0 Å². The topological polar surface area (TPSA) is 50.4 Å². The van der Waals surface area contributed by atoms with Gasteiger partial charge in [0.2, 0.25) is 0 Å². The molecule has 1 N–H and O–H groups in total. The number of carbonyl (C=O) groups is 1. The second kappa shape index (κ2) is 3.05. The predicted molar refractivity (Wildman–Crippen MR) is 39.2 cm³/mol. The van der Waals surface area contributed by atoms with E-state index in [1.807, 2.05) is 0 Å². The Kier molecular flexibility index (Phi) is 2.11. The summed E-state index contributed by atoms with van der Waals surface area (Å²) in [6.45, 7) is 3.37. The molecule has 0 aliphatic carbocycles. The molecule has 0 unspecified atom stereocenters. The largest absolute Gasteiger partial charge is 0.478 e. The first-order valence-electron chi connectivity index (χ1n) is 3.13. The summed E-state index contributed by atoms with van der Waals surface area (Å²) in [6, 6.07) is 3.43. The highest BCUT2D eigenvalue weighted by Gasteiger charge is 2.05. The Morgan fingerprint density at radius 3 is 2.91 bits per heavy atom. The van der Waals surface area contributed by atoms with Crippen LogP contribution in [0.2, 0.25) is 0 Å². The minimum Gasteiger partial charge on any atom is -0.478 e. The maximum Gasteiger partial charge on any atom is 0.331 e. The summed E-state index contributed by atoms with van der Waals surface area (Å²) in [5.74, 6) is -0.362. The second-order valence-electron chi connectivity index (χ2n) is 2.16. The maximum absolute atomic E-state index is 10.3. The molecule has 0 fully saturated rings. The summed E-state index contributed by atoms with van der Waals surface area (Å²) in [5, 5.41) is 8.44. The molecule has 1 aromatic heterocycles. The minimum atomic E-state index is -0.985. The van der Waals surface area contributed by atoms with E-state index in [1.165, 1.54) is 6.26 Å². The predicted octanol–water partition coefficient (Wildman–Crippen LogP) is 1.46. The van der Waals surface area contributed by atoms with Gasteiger partial charge in [0.25, 0.3) is 0 Å². The van der Waals surface area contributed by atoms with Gasteiger partial charge in [-0.05, 0) is 12.1 Å². The van der Waals surface area contributed by atoms with Crippen LogP contribution in [0.3, 0.4) is 0 Å². The van der Waals surface area contributed by atoms with Gasteiger partial charge in [0.15, 0.2) is 0 Å². The summed E-state index contributed by atoms with van der Waals surface area (Å²) in [5.41, 5.74) is 0.139. The summed E-state index contributed by atoms with van der Waals surface area (Å²) < 4.78 is 4.93. The van der Waals surface area contributed by atoms with Crippen molar-refractivity contribution in [1.29, 1.82) is 0 Å². The standard InChI is InChI=1S/C8H8O3/c1-6(8(9)10)5-7-3-2-4-11-7/h2-4H,1,5H2,(H,9,10). The molecule has 0 atom stereocenters. The molecule has 3 nitrogen and oxygen atoms in total. The van der Waals surface area contributed by atoms with Crippen molar-refractivity contribution in [2.75, 3.05) is 0 Å². The Morgan fingerprint density at radius 2 is 2.45 bits per heavy atom. The molecule has 11 heavy (non-hydrogen) atoms. The minimum absolute atomic E-state index is 0.139. The van der Waals surface area contributed by atoms with Crippen LogP contribution in [0.1, 0.15) is 5.76 Å². The lowest BCUT2D eigenvalue weighted by Gasteiger charge is -1.94. The first-order chi connectivity index (χ1) is 5.20. The molecular weight excluding hydrogens is 144 g/mol. The molecule has 1 heterocycles. The number of hydrogen-bond acceptors (Lipinski definition) is 2. The molecule has 0 spiro atoms. The summed E-state index contributed by atoms with van der Waals surface area (Å²) in [6.07, 6.45) is 1.77. The number of hydrogen-bond donors (Lipinski definition) is 1. The van der Waals surface area contributed by atoms with Crippen LogP contribution in [0, 0.1) is 0 Å². The summed E-state index contributed by atoms with van der Waals surface area (Å²) >= 11 is 0. The molecule has 3 heteroatoms. The molecule has 0 saturated heterocycles. The average Bonchev–Trinajstić information content (AvgIpc) is 2.39. The van der Waals surface area contributed by atoms with Crippen LogP contribution < -0.4 is 0 Å². The van der Waals surface area contributed by atoms with Gasteiger partial charge in [-0.1, -0.05) is 6.58 Å². The zero-order valence-corrected chi connectivity index (χ0v) is 5.91. The summed E-state index contributed by atoms with van der Waals surface area (Å²) in [4.78, 5) is 10.3. The number of furan rings is 1. The molecule has 1 rings (SSSR count). The van der Waals surface area contributed by atoms with Crippen LogP contribution in [0.4, 0.5) is 0 Å². The molecule has 0 saturated carbocycles. The molecular formula is C8H8O3. The van der Waals surface area contributed by atoms with Gasteiger partial charge in [-0.15, -0.1) is 0 Å². The van der Waals surface area contributed by atoms with E-state index in [9.17, 15) is 4.79 Å².